The Morgan fingerprint density at radius 2 is 1.58 bits per heavy atom. The summed E-state index contributed by atoms with van der Waals surface area (Å²) in [5.41, 5.74) is 1.84. The van der Waals surface area contributed by atoms with Gasteiger partial charge in [-0.2, -0.15) is 0 Å². The molecule has 0 aromatic carbocycles. The lowest BCUT2D eigenvalue weighted by atomic mass is 9.32. The SMILES string of the molecule is C=C(C)[C@@H]1CC[C@]2(C(=C)OCC)CC[C@]3(C)C(CCC4[C@@]5(C)CC[C@H](O)[C@@](C)(CO)[C@@H]5CC[C@]43C)C12. The molecule has 3 heteroatoms. The Bertz CT molecular complexity index is 911. The summed E-state index contributed by atoms with van der Waals surface area (Å²) in [6.45, 7) is 24.3. The summed E-state index contributed by atoms with van der Waals surface area (Å²) in [5.74, 6) is 3.94. The molecule has 0 heterocycles. The molecule has 11 atom stereocenters. The lowest BCUT2D eigenvalue weighted by Gasteiger charge is -2.73. The van der Waals surface area contributed by atoms with E-state index in [9.17, 15) is 10.2 Å². The first-order valence-electron chi connectivity index (χ1n) is 15.1. The van der Waals surface area contributed by atoms with Gasteiger partial charge in [0.2, 0.25) is 0 Å². The monoisotopic (exact) mass is 498 g/mol. The molecule has 5 aliphatic carbocycles. The fourth-order valence-corrected chi connectivity index (χ4v) is 12.0. The van der Waals surface area contributed by atoms with Gasteiger partial charge in [0.1, 0.15) is 0 Å². The molecular formula is C33H54O3. The highest BCUT2D eigenvalue weighted by atomic mass is 16.5. The van der Waals surface area contributed by atoms with E-state index in [4.69, 9.17) is 4.74 Å². The zero-order valence-corrected chi connectivity index (χ0v) is 24.2. The minimum absolute atomic E-state index is 0.0994. The van der Waals surface area contributed by atoms with Crippen molar-refractivity contribution in [2.24, 2.45) is 56.7 Å². The lowest BCUT2D eigenvalue weighted by molar-refractivity contribution is -0.253. The van der Waals surface area contributed by atoms with Crippen LogP contribution in [0.5, 0.6) is 0 Å². The number of allylic oxidation sites excluding steroid dienone is 2. The number of hydrogen-bond acceptors (Lipinski definition) is 3. The summed E-state index contributed by atoms with van der Waals surface area (Å²) in [5, 5.41) is 21.5. The fraction of sp³-hybridized carbons (Fsp3) is 0.879. The summed E-state index contributed by atoms with van der Waals surface area (Å²) in [7, 11) is 0. The van der Waals surface area contributed by atoms with Crippen molar-refractivity contribution >= 4 is 0 Å². The fourth-order valence-electron chi connectivity index (χ4n) is 12.0. The van der Waals surface area contributed by atoms with Gasteiger partial charge in [-0.05, 0) is 124 Å². The van der Waals surface area contributed by atoms with Crippen LogP contribution < -0.4 is 0 Å². The van der Waals surface area contributed by atoms with Gasteiger partial charge in [0.05, 0.1) is 25.1 Å². The van der Waals surface area contributed by atoms with Gasteiger partial charge in [-0.25, -0.2) is 0 Å². The van der Waals surface area contributed by atoms with Gasteiger partial charge in [-0.1, -0.05) is 46.4 Å². The predicted molar refractivity (Wildman–Crippen MR) is 147 cm³/mol. The van der Waals surface area contributed by atoms with Crippen molar-refractivity contribution in [3.8, 4) is 0 Å². The molecule has 0 aromatic heterocycles. The number of rotatable bonds is 5. The topological polar surface area (TPSA) is 49.7 Å². The third kappa shape index (κ3) is 3.17. The van der Waals surface area contributed by atoms with Crippen molar-refractivity contribution in [2.75, 3.05) is 13.2 Å². The standard InChI is InChI=1S/C33H54O3/c1-9-36-22(4)33-17-12-23(21(2)3)28(33)24-10-11-26-29(5)15-14-27(35)30(6,20-34)25(29)13-16-32(26,8)31(24,7)18-19-33/h23-28,34-35H,2,4,9-20H2,1,3,5-8H3/t23-,24?,25+,26?,27-,28?,29-,30-,31+,32+,33+/m0/s1. The highest BCUT2D eigenvalue weighted by molar-refractivity contribution is 5.25. The van der Waals surface area contributed by atoms with Crippen LogP contribution in [0.15, 0.2) is 24.5 Å². The number of aliphatic hydroxyl groups is 2. The molecule has 2 N–H and O–H groups in total. The van der Waals surface area contributed by atoms with Crippen LogP contribution in [0.2, 0.25) is 0 Å². The molecule has 5 fully saturated rings. The van der Waals surface area contributed by atoms with E-state index in [0.29, 0.717) is 36.2 Å². The minimum Gasteiger partial charge on any atom is -0.498 e. The molecular weight excluding hydrogens is 444 g/mol. The second-order valence-corrected chi connectivity index (χ2v) is 14.9. The van der Waals surface area contributed by atoms with Crippen LogP contribution in [-0.2, 0) is 4.74 Å². The summed E-state index contributed by atoms with van der Waals surface area (Å²) in [6, 6.07) is 0. The largest absolute Gasteiger partial charge is 0.498 e. The summed E-state index contributed by atoms with van der Waals surface area (Å²) in [4.78, 5) is 0. The van der Waals surface area contributed by atoms with E-state index in [1.54, 1.807) is 0 Å². The smallest absolute Gasteiger partial charge is 0.0952 e. The van der Waals surface area contributed by atoms with Crippen LogP contribution in [0.3, 0.4) is 0 Å². The Balaban J connectivity index is 1.55. The van der Waals surface area contributed by atoms with Gasteiger partial charge in [-0.3, -0.25) is 0 Å². The van der Waals surface area contributed by atoms with E-state index in [1.807, 2.05) is 0 Å². The Labute approximate surface area is 221 Å². The van der Waals surface area contributed by atoms with E-state index in [0.717, 1.165) is 25.0 Å². The molecule has 36 heavy (non-hydrogen) atoms. The molecule has 204 valence electrons. The Hall–Kier alpha value is -0.800. The highest BCUT2D eigenvalue weighted by Crippen LogP contribution is 2.78. The molecule has 0 bridgehead atoms. The van der Waals surface area contributed by atoms with E-state index in [1.165, 1.54) is 50.5 Å². The highest BCUT2D eigenvalue weighted by Gasteiger charge is 2.71. The summed E-state index contributed by atoms with van der Waals surface area (Å²) >= 11 is 0. The molecule has 0 aliphatic heterocycles. The van der Waals surface area contributed by atoms with Crippen LogP contribution in [-0.4, -0.2) is 29.5 Å². The minimum atomic E-state index is -0.383. The van der Waals surface area contributed by atoms with Crippen molar-refractivity contribution in [1.82, 2.24) is 0 Å². The summed E-state index contributed by atoms with van der Waals surface area (Å²) in [6.07, 6.45) is 11.3. The van der Waals surface area contributed by atoms with E-state index < -0.39 is 0 Å². The number of hydrogen-bond donors (Lipinski definition) is 2. The van der Waals surface area contributed by atoms with Crippen molar-refractivity contribution in [2.45, 2.75) is 112 Å². The maximum absolute atomic E-state index is 11.0. The maximum Gasteiger partial charge on any atom is 0.0952 e. The second-order valence-electron chi connectivity index (χ2n) is 14.9. The zero-order chi connectivity index (χ0) is 26.3. The van der Waals surface area contributed by atoms with Gasteiger partial charge in [0, 0.05) is 10.8 Å². The molecule has 0 saturated heterocycles. The van der Waals surface area contributed by atoms with Crippen LogP contribution in [0, 0.1) is 56.7 Å². The molecule has 5 rings (SSSR count). The first-order valence-corrected chi connectivity index (χ1v) is 15.1. The second kappa shape index (κ2) is 8.60. The van der Waals surface area contributed by atoms with Crippen molar-refractivity contribution in [1.29, 1.82) is 0 Å². The molecule has 0 aromatic rings. The van der Waals surface area contributed by atoms with Gasteiger partial charge >= 0.3 is 0 Å². The van der Waals surface area contributed by atoms with Gasteiger partial charge in [-0.15, -0.1) is 0 Å². The van der Waals surface area contributed by atoms with Crippen molar-refractivity contribution in [3.63, 3.8) is 0 Å². The van der Waals surface area contributed by atoms with Gasteiger partial charge < -0.3 is 14.9 Å². The third-order valence-electron chi connectivity index (χ3n) is 14.1. The molecule has 3 nitrogen and oxygen atoms in total. The van der Waals surface area contributed by atoms with Gasteiger partial charge in [0.25, 0.3) is 0 Å². The number of fused-ring (bicyclic) bond motifs is 7. The number of ether oxygens (including phenoxy) is 1. The Morgan fingerprint density at radius 3 is 2.22 bits per heavy atom. The molecule has 0 spiro atoms. The lowest BCUT2D eigenvalue weighted by Crippen LogP contribution is -2.67. The third-order valence-corrected chi connectivity index (χ3v) is 14.1. The molecule has 3 unspecified atom stereocenters. The average molecular weight is 499 g/mol. The van der Waals surface area contributed by atoms with E-state index in [-0.39, 0.29) is 39.8 Å². The Kier molecular flexibility index (Phi) is 6.40. The predicted octanol–water partition coefficient (Wildman–Crippen LogP) is 7.53. The van der Waals surface area contributed by atoms with E-state index >= 15 is 0 Å². The Morgan fingerprint density at radius 1 is 0.861 bits per heavy atom. The first-order chi connectivity index (χ1) is 16.9. The van der Waals surface area contributed by atoms with Crippen LogP contribution >= 0.6 is 0 Å². The van der Waals surface area contributed by atoms with E-state index in [2.05, 4.69) is 54.7 Å². The van der Waals surface area contributed by atoms with Crippen LogP contribution in [0.25, 0.3) is 0 Å². The van der Waals surface area contributed by atoms with Crippen LogP contribution in [0.4, 0.5) is 0 Å². The average Bonchev–Trinajstić information content (AvgIpc) is 3.24. The first kappa shape index (κ1) is 26.8. The maximum atomic E-state index is 11.0. The molecule has 5 aliphatic rings. The van der Waals surface area contributed by atoms with Crippen molar-refractivity contribution in [3.05, 3.63) is 24.5 Å². The summed E-state index contributed by atoms with van der Waals surface area (Å²) < 4.78 is 6.22. The quantitative estimate of drug-likeness (QED) is 0.304. The molecule has 0 radical (unpaired) electrons. The van der Waals surface area contributed by atoms with Gasteiger partial charge in [0.15, 0.2) is 0 Å². The van der Waals surface area contributed by atoms with Crippen LogP contribution in [0.1, 0.15) is 106 Å². The number of aliphatic hydroxyl groups excluding tert-OH is 2. The normalized spacial score (nSPS) is 54.0. The molecule has 5 saturated carbocycles. The zero-order valence-electron chi connectivity index (χ0n) is 24.2. The van der Waals surface area contributed by atoms with Crippen molar-refractivity contribution < 1.29 is 14.9 Å². The molecule has 0 amide bonds.